The van der Waals surface area contributed by atoms with Crippen LogP contribution in [0.1, 0.15) is 194 Å². The van der Waals surface area contributed by atoms with Crippen LogP contribution in [0.25, 0.3) is 0 Å². The Bertz CT molecular complexity index is 838. The van der Waals surface area contributed by atoms with Crippen molar-refractivity contribution in [3.05, 3.63) is 0 Å². The number of likely N-dealkylation sites (N-methyl/N-ethyl adjacent to an activating group) is 1. The molecule has 0 aromatic rings. The van der Waals surface area contributed by atoms with Gasteiger partial charge in [0.2, 0.25) is 11.8 Å². The van der Waals surface area contributed by atoms with Gasteiger partial charge in [0.1, 0.15) is 13.2 Å². The number of hydrogen-bond donors (Lipinski definition) is 2. The molecule has 0 aromatic heterocycles. The molecular weight excluding hydrogens is 649 g/mol. The molecule has 298 valence electrons. The first-order valence-corrected chi connectivity index (χ1v) is 22.4. The van der Waals surface area contributed by atoms with E-state index in [1.807, 2.05) is 21.1 Å². The Morgan fingerprint density at radius 2 is 0.940 bits per heavy atom. The zero-order chi connectivity index (χ0) is 37.2. The summed E-state index contributed by atoms with van der Waals surface area (Å²) in [6.07, 6.45) is 33.1. The average Bonchev–Trinajstić information content (AvgIpc) is 3.06. The molecule has 2 unspecified atom stereocenters. The van der Waals surface area contributed by atoms with E-state index in [1.54, 1.807) is 0 Å². The quantitative estimate of drug-likeness (QED) is 0.0371. The number of amides is 2. The van der Waals surface area contributed by atoms with Gasteiger partial charge in [-0.1, -0.05) is 168 Å². The van der Waals surface area contributed by atoms with Crippen LogP contribution < -0.4 is 15.5 Å². The molecule has 2 atom stereocenters. The molecule has 0 aromatic carbocycles. The highest BCUT2D eigenvalue weighted by Gasteiger charge is 2.19. The van der Waals surface area contributed by atoms with Gasteiger partial charge in [-0.25, -0.2) is 0 Å². The molecule has 0 heterocycles. The van der Waals surface area contributed by atoms with Crippen LogP contribution >= 0.6 is 7.82 Å². The van der Waals surface area contributed by atoms with Crippen LogP contribution in [0.15, 0.2) is 0 Å². The third kappa shape index (κ3) is 36.8. The van der Waals surface area contributed by atoms with E-state index in [4.69, 9.17) is 9.05 Å². The largest absolute Gasteiger partial charge is 0.756 e. The lowest BCUT2D eigenvalue weighted by molar-refractivity contribution is -0.870. The molecule has 0 saturated carbocycles. The Kier molecular flexibility index (Phi) is 33.2. The Hall–Kier alpha value is -0.990. The third-order valence-corrected chi connectivity index (χ3v) is 10.3. The van der Waals surface area contributed by atoms with Crippen LogP contribution in [0.3, 0.4) is 0 Å². The smallest absolute Gasteiger partial charge is 0.268 e. The van der Waals surface area contributed by atoms with Gasteiger partial charge in [-0.05, 0) is 12.8 Å². The van der Waals surface area contributed by atoms with E-state index in [1.165, 1.54) is 128 Å². The van der Waals surface area contributed by atoms with Gasteiger partial charge in [-0.2, -0.15) is 0 Å². The maximum absolute atomic E-state index is 12.8. The molecule has 2 amide bonds. The summed E-state index contributed by atoms with van der Waals surface area (Å²) in [5.41, 5.74) is 0. The Labute approximate surface area is 309 Å². The Morgan fingerprint density at radius 3 is 1.32 bits per heavy atom. The summed E-state index contributed by atoms with van der Waals surface area (Å²) in [5, 5.41) is 5.77. The van der Waals surface area contributed by atoms with Crippen molar-refractivity contribution >= 4 is 19.6 Å². The molecule has 0 saturated heterocycles. The second-order valence-corrected chi connectivity index (χ2v) is 17.1. The van der Waals surface area contributed by atoms with Crippen molar-refractivity contribution in [2.24, 2.45) is 0 Å². The second kappa shape index (κ2) is 33.8. The number of carbonyl (C=O) groups excluding carboxylic acids is 2. The van der Waals surface area contributed by atoms with Crippen LogP contribution in [0.5, 0.6) is 0 Å². The number of rotatable bonds is 38. The number of nitrogens with one attached hydrogen (secondary N) is 2. The van der Waals surface area contributed by atoms with Gasteiger partial charge in [0.15, 0.2) is 0 Å². The van der Waals surface area contributed by atoms with Crippen molar-refractivity contribution in [2.45, 2.75) is 200 Å². The van der Waals surface area contributed by atoms with Crippen molar-refractivity contribution < 1.29 is 32.6 Å². The van der Waals surface area contributed by atoms with Gasteiger partial charge in [0.05, 0.1) is 33.8 Å². The van der Waals surface area contributed by atoms with Crippen molar-refractivity contribution in [3.8, 4) is 0 Å². The van der Waals surface area contributed by atoms with Crippen molar-refractivity contribution in [2.75, 3.05) is 47.4 Å². The lowest BCUT2D eigenvalue weighted by atomic mass is 10.0. The van der Waals surface area contributed by atoms with Gasteiger partial charge in [-0.15, -0.1) is 0 Å². The van der Waals surface area contributed by atoms with E-state index in [0.29, 0.717) is 23.9 Å². The van der Waals surface area contributed by atoms with E-state index in [0.717, 1.165) is 38.5 Å². The lowest BCUT2D eigenvalue weighted by Crippen LogP contribution is -2.46. The Balaban J connectivity index is 4.36. The molecule has 0 aliphatic rings. The first-order chi connectivity index (χ1) is 24.0. The number of quaternary nitrogens is 1. The first kappa shape index (κ1) is 49.0. The van der Waals surface area contributed by atoms with Crippen molar-refractivity contribution in [1.29, 1.82) is 0 Å². The fourth-order valence-electron chi connectivity index (χ4n) is 6.03. The number of phosphoric acid groups is 1. The maximum Gasteiger partial charge on any atom is 0.268 e. The van der Waals surface area contributed by atoms with E-state index >= 15 is 0 Å². The van der Waals surface area contributed by atoms with Crippen LogP contribution in [0.2, 0.25) is 0 Å². The van der Waals surface area contributed by atoms with Crippen LogP contribution in [0.4, 0.5) is 0 Å². The topological polar surface area (TPSA) is 117 Å². The number of unbranched alkanes of at least 4 members (excludes halogenated alkanes) is 24. The molecule has 0 aliphatic carbocycles. The normalized spacial score (nSPS) is 13.6. The van der Waals surface area contributed by atoms with Gasteiger partial charge in [0.25, 0.3) is 7.82 Å². The SMILES string of the molecule is CCCCCCCCCCCCCCCC(=O)NCC(COP(=O)([O-])OCC[N+](C)(C)C)NC(=O)CCCCCCCCCCCCCCC. The standard InChI is InChI=1S/C40H82N3O6P/c1-6-8-10-12-14-16-18-20-22-24-26-28-30-32-39(44)41-36-38(37-49-50(46,47)48-35-34-43(3,4)5)42-40(45)33-31-29-27-25-23-21-19-17-15-13-11-9-7-2/h38H,6-37H2,1-5H3,(H2-,41,42,44,45,46,47). The Morgan fingerprint density at radius 1 is 0.580 bits per heavy atom. The van der Waals surface area contributed by atoms with E-state index in [2.05, 4.69) is 24.5 Å². The first-order valence-electron chi connectivity index (χ1n) is 21.0. The summed E-state index contributed by atoms with van der Waals surface area (Å²) < 4.78 is 23.1. The molecule has 9 nitrogen and oxygen atoms in total. The average molecular weight is 732 g/mol. The fourth-order valence-corrected chi connectivity index (χ4v) is 6.77. The molecule has 10 heteroatoms. The highest BCUT2D eigenvalue weighted by molar-refractivity contribution is 7.45. The lowest BCUT2D eigenvalue weighted by Gasteiger charge is -2.28. The van der Waals surface area contributed by atoms with Gasteiger partial charge in [0, 0.05) is 19.4 Å². The number of hydrogen-bond acceptors (Lipinski definition) is 6. The fraction of sp³-hybridized carbons (Fsp3) is 0.950. The molecule has 0 bridgehead atoms. The molecule has 0 radical (unpaired) electrons. The molecule has 50 heavy (non-hydrogen) atoms. The van der Waals surface area contributed by atoms with E-state index in [-0.39, 0.29) is 31.6 Å². The van der Waals surface area contributed by atoms with Crippen molar-refractivity contribution in [1.82, 2.24) is 10.6 Å². The second-order valence-electron chi connectivity index (χ2n) is 15.6. The minimum Gasteiger partial charge on any atom is -0.756 e. The third-order valence-electron chi connectivity index (χ3n) is 9.37. The molecule has 0 rings (SSSR count). The summed E-state index contributed by atoms with van der Waals surface area (Å²) in [5.74, 6) is -0.243. The monoisotopic (exact) mass is 732 g/mol. The summed E-state index contributed by atoms with van der Waals surface area (Å²) in [4.78, 5) is 37.7. The van der Waals surface area contributed by atoms with E-state index < -0.39 is 13.9 Å². The summed E-state index contributed by atoms with van der Waals surface area (Å²) in [7, 11) is 1.30. The number of carbonyl (C=O) groups is 2. The van der Waals surface area contributed by atoms with Crippen LogP contribution in [-0.4, -0.2) is 69.8 Å². The zero-order valence-electron chi connectivity index (χ0n) is 33.5. The minimum atomic E-state index is -4.54. The van der Waals surface area contributed by atoms with Gasteiger partial charge in [-0.3, -0.25) is 14.2 Å². The minimum absolute atomic E-state index is 0.0101. The molecule has 2 N–H and O–H groups in total. The predicted octanol–water partition coefficient (Wildman–Crippen LogP) is 9.76. The number of phosphoric ester groups is 1. The van der Waals surface area contributed by atoms with Crippen LogP contribution in [0, 0.1) is 0 Å². The summed E-state index contributed by atoms with van der Waals surface area (Å²) >= 11 is 0. The van der Waals surface area contributed by atoms with Crippen LogP contribution in [-0.2, 0) is 23.2 Å². The number of nitrogens with zero attached hydrogens (tertiary/aromatic N) is 1. The predicted molar refractivity (Wildman–Crippen MR) is 208 cm³/mol. The molecule has 0 aliphatic heterocycles. The summed E-state index contributed by atoms with van der Waals surface area (Å²) in [6, 6.07) is -0.663. The molecular formula is C40H82N3O6P. The van der Waals surface area contributed by atoms with Gasteiger partial charge >= 0.3 is 0 Å². The van der Waals surface area contributed by atoms with Crippen molar-refractivity contribution in [3.63, 3.8) is 0 Å². The maximum atomic E-state index is 12.8. The highest BCUT2D eigenvalue weighted by Crippen LogP contribution is 2.38. The van der Waals surface area contributed by atoms with E-state index in [9.17, 15) is 19.0 Å². The molecule has 0 fully saturated rings. The van der Waals surface area contributed by atoms with Gasteiger partial charge < -0.3 is 29.1 Å². The molecule has 0 spiro atoms. The highest BCUT2D eigenvalue weighted by atomic mass is 31.2. The zero-order valence-corrected chi connectivity index (χ0v) is 34.4. The summed E-state index contributed by atoms with van der Waals surface area (Å²) in [6.45, 7) is 4.85.